The number of carbonyl (C=O) groups excluding carboxylic acids is 1. The van der Waals surface area contributed by atoms with Crippen LogP contribution in [0.2, 0.25) is 0 Å². The summed E-state index contributed by atoms with van der Waals surface area (Å²) in [7, 11) is 0. The van der Waals surface area contributed by atoms with Crippen LogP contribution in [0.4, 0.5) is 0 Å². The molecule has 1 saturated carbocycles. The minimum Gasteiger partial charge on any atom is -0.378 e. The number of rotatable bonds is 3. The lowest BCUT2D eigenvalue weighted by molar-refractivity contribution is 0.0510. The number of carbonyl (C=O) groups is 1. The molecule has 3 atom stereocenters. The van der Waals surface area contributed by atoms with E-state index in [1.165, 1.54) is 0 Å². The molecule has 2 fully saturated rings. The van der Waals surface area contributed by atoms with Crippen LogP contribution in [0, 0.1) is 5.92 Å². The van der Waals surface area contributed by atoms with Crippen LogP contribution in [0.25, 0.3) is 0 Å². The van der Waals surface area contributed by atoms with E-state index in [9.17, 15) is 4.79 Å². The highest BCUT2D eigenvalue weighted by atomic mass is 35.5. The summed E-state index contributed by atoms with van der Waals surface area (Å²) in [5, 5.41) is 3.19. The van der Waals surface area contributed by atoms with Crippen molar-refractivity contribution in [3.8, 4) is 0 Å². The second-order valence-corrected chi connectivity index (χ2v) is 5.77. The summed E-state index contributed by atoms with van der Waals surface area (Å²) in [6.07, 6.45) is 4.77. The smallest absolute Gasteiger partial charge is 0.251 e. The molecule has 1 aliphatic heterocycles. The van der Waals surface area contributed by atoms with Gasteiger partial charge in [-0.25, -0.2) is 0 Å². The molecule has 2 aliphatic rings. The fourth-order valence-electron chi connectivity index (χ4n) is 3.40. The molecule has 0 spiro atoms. The molecule has 1 saturated heterocycles. The summed E-state index contributed by atoms with van der Waals surface area (Å²) < 4.78 is 5.74. The average Bonchev–Trinajstić information content (AvgIpc) is 2.97. The monoisotopic (exact) mass is 310 g/mol. The van der Waals surface area contributed by atoms with Crippen LogP contribution in [0.5, 0.6) is 0 Å². The van der Waals surface area contributed by atoms with Gasteiger partial charge >= 0.3 is 0 Å². The molecule has 1 aliphatic carbocycles. The molecule has 0 radical (unpaired) electrons. The largest absolute Gasteiger partial charge is 0.378 e. The van der Waals surface area contributed by atoms with Crippen molar-refractivity contribution < 1.29 is 9.53 Å². The van der Waals surface area contributed by atoms with Crippen LogP contribution >= 0.6 is 12.4 Å². The summed E-state index contributed by atoms with van der Waals surface area (Å²) >= 11 is 0. The van der Waals surface area contributed by atoms with Gasteiger partial charge in [-0.15, -0.1) is 12.4 Å². The third kappa shape index (κ3) is 3.57. The first-order valence-corrected chi connectivity index (χ1v) is 7.49. The maximum Gasteiger partial charge on any atom is 0.251 e. The normalized spacial score (nSPS) is 27.6. The fraction of sp³-hybridized carbons (Fsp3) is 0.562. The van der Waals surface area contributed by atoms with Gasteiger partial charge in [0.15, 0.2) is 0 Å². The molecular formula is C16H23ClN2O2. The van der Waals surface area contributed by atoms with Crippen molar-refractivity contribution in [3.63, 3.8) is 0 Å². The van der Waals surface area contributed by atoms with Gasteiger partial charge in [-0.1, -0.05) is 12.1 Å². The predicted molar refractivity (Wildman–Crippen MR) is 84.5 cm³/mol. The zero-order valence-corrected chi connectivity index (χ0v) is 12.9. The average molecular weight is 311 g/mol. The quantitative estimate of drug-likeness (QED) is 0.900. The Bertz CT molecular complexity index is 478. The van der Waals surface area contributed by atoms with Crippen LogP contribution in [0.15, 0.2) is 24.3 Å². The molecule has 1 aromatic carbocycles. The first-order chi connectivity index (χ1) is 9.78. The van der Waals surface area contributed by atoms with Crippen LogP contribution in [0.1, 0.15) is 41.6 Å². The number of fused-ring (bicyclic) bond motifs is 1. The van der Waals surface area contributed by atoms with Gasteiger partial charge in [0, 0.05) is 30.7 Å². The van der Waals surface area contributed by atoms with E-state index in [1.54, 1.807) is 0 Å². The van der Waals surface area contributed by atoms with Gasteiger partial charge in [0.05, 0.1) is 6.10 Å². The number of hydrogen-bond donors (Lipinski definition) is 2. The summed E-state index contributed by atoms with van der Waals surface area (Å²) in [6, 6.07) is 7.79. The maximum atomic E-state index is 12.3. The van der Waals surface area contributed by atoms with Crippen molar-refractivity contribution in [1.82, 2.24) is 5.32 Å². The molecule has 21 heavy (non-hydrogen) atoms. The van der Waals surface area contributed by atoms with Crippen molar-refractivity contribution in [1.29, 1.82) is 0 Å². The molecule has 3 N–H and O–H groups in total. The lowest BCUT2D eigenvalue weighted by Gasteiger charge is -2.33. The van der Waals surface area contributed by atoms with Gasteiger partial charge in [-0.05, 0) is 43.4 Å². The highest BCUT2D eigenvalue weighted by Crippen LogP contribution is 2.34. The number of halogens is 1. The van der Waals surface area contributed by atoms with Crippen LogP contribution < -0.4 is 11.1 Å². The molecular weight excluding hydrogens is 288 g/mol. The summed E-state index contributed by atoms with van der Waals surface area (Å²) in [4.78, 5) is 12.3. The number of hydrogen-bond acceptors (Lipinski definition) is 3. The standard InChI is InChI=1S/C16H22N2O2.ClH/c17-10-11-4-6-12(7-5-11)16(19)18-14-2-1-3-15-13(14)8-9-20-15;/h4-7,13-15H,1-3,8-10,17H2,(H,18,19);1H. The molecule has 3 rings (SSSR count). The van der Waals surface area contributed by atoms with Crippen molar-refractivity contribution in [2.24, 2.45) is 11.7 Å². The molecule has 0 aromatic heterocycles. The Morgan fingerprint density at radius 3 is 2.71 bits per heavy atom. The Kier molecular flexibility index (Phi) is 5.62. The van der Waals surface area contributed by atoms with Crippen LogP contribution in [-0.4, -0.2) is 24.7 Å². The van der Waals surface area contributed by atoms with Gasteiger partial charge in [-0.2, -0.15) is 0 Å². The van der Waals surface area contributed by atoms with Gasteiger partial charge in [0.1, 0.15) is 0 Å². The van der Waals surface area contributed by atoms with Gasteiger partial charge in [-0.3, -0.25) is 4.79 Å². The zero-order chi connectivity index (χ0) is 13.9. The number of amides is 1. The lowest BCUT2D eigenvalue weighted by Crippen LogP contribution is -2.45. The lowest BCUT2D eigenvalue weighted by atomic mass is 9.81. The number of nitrogens with one attached hydrogen (secondary N) is 1. The van der Waals surface area contributed by atoms with E-state index in [-0.39, 0.29) is 24.4 Å². The second-order valence-electron chi connectivity index (χ2n) is 5.77. The highest BCUT2D eigenvalue weighted by molar-refractivity contribution is 5.94. The topological polar surface area (TPSA) is 64.4 Å². The molecule has 0 bridgehead atoms. The summed E-state index contributed by atoms with van der Waals surface area (Å²) in [6.45, 7) is 1.35. The van der Waals surface area contributed by atoms with E-state index in [0.717, 1.165) is 37.9 Å². The van der Waals surface area contributed by atoms with E-state index >= 15 is 0 Å². The maximum absolute atomic E-state index is 12.3. The van der Waals surface area contributed by atoms with Crippen molar-refractivity contribution in [2.45, 2.75) is 44.4 Å². The number of benzene rings is 1. The Labute approximate surface area is 131 Å². The molecule has 1 heterocycles. The summed E-state index contributed by atoms with van der Waals surface area (Å²) in [5.41, 5.74) is 7.33. The van der Waals surface area contributed by atoms with Crippen molar-refractivity contribution in [2.75, 3.05) is 6.61 Å². The van der Waals surface area contributed by atoms with Gasteiger partial charge in [0.25, 0.3) is 5.91 Å². The van der Waals surface area contributed by atoms with Gasteiger partial charge in [0.2, 0.25) is 0 Å². The Balaban J connectivity index is 0.00000161. The van der Waals surface area contributed by atoms with E-state index in [4.69, 9.17) is 10.5 Å². The molecule has 1 aromatic rings. The fourth-order valence-corrected chi connectivity index (χ4v) is 3.40. The van der Waals surface area contributed by atoms with Gasteiger partial charge < -0.3 is 15.8 Å². The summed E-state index contributed by atoms with van der Waals surface area (Å²) in [5.74, 6) is 0.516. The highest BCUT2D eigenvalue weighted by Gasteiger charge is 2.38. The van der Waals surface area contributed by atoms with E-state index in [2.05, 4.69) is 5.32 Å². The van der Waals surface area contributed by atoms with Crippen LogP contribution in [0.3, 0.4) is 0 Å². The third-order valence-electron chi connectivity index (χ3n) is 4.55. The minimum absolute atomic E-state index is 0. The molecule has 1 amide bonds. The first-order valence-electron chi connectivity index (χ1n) is 7.49. The molecule has 4 nitrogen and oxygen atoms in total. The van der Waals surface area contributed by atoms with E-state index < -0.39 is 0 Å². The SMILES string of the molecule is Cl.NCc1ccc(C(=O)NC2CCCC3OCCC23)cc1. The molecule has 5 heteroatoms. The molecule has 116 valence electrons. The zero-order valence-electron chi connectivity index (χ0n) is 12.1. The Hall–Kier alpha value is -1.10. The number of ether oxygens (including phenoxy) is 1. The predicted octanol–water partition coefficient (Wildman–Crippen LogP) is 2.25. The number of nitrogens with two attached hydrogens (primary N) is 1. The van der Waals surface area contributed by atoms with Crippen LogP contribution in [-0.2, 0) is 11.3 Å². The van der Waals surface area contributed by atoms with E-state index in [0.29, 0.717) is 24.1 Å². The Morgan fingerprint density at radius 1 is 1.24 bits per heavy atom. The first kappa shape index (κ1) is 16.3. The Morgan fingerprint density at radius 2 is 2.00 bits per heavy atom. The van der Waals surface area contributed by atoms with Crippen molar-refractivity contribution >= 4 is 18.3 Å². The van der Waals surface area contributed by atoms with E-state index in [1.807, 2.05) is 24.3 Å². The minimum atomic E-state index is 0. The molecule has 3 unspecified atom stereocenters. The second kappa shape index (κ2) is 7.25. The third-order valence-corrected chi connectivity index (χ3v) is 4.55. The van der Waals surface area contributed by atoms with Crippen molar-refractivity contribution in [3.05, 3.63) is 35.4 Å².